The van der Waals surface area contributed by atoms with E-state index in [9.17, 15) is 9.59 Å². The Labute approximate surface area is 159 Å². The number of hydrogen-bond donors (Lipinski definition) is 3. The molecule has 4 N–H and O–H groups in total. The summed E-state index contributed by atoms with van der Waals surface area (Å²) < 4.78 is 5.29. The average molecular weight is 368 g/mol. The molecule has 0 fully saturated rings. The van der Waals surface area contributed by atoms with Gasteiger partial charge in [-0.3, -0.25) is 9.59 Å². The monoisotopic (exact) mass is 368 g/mol. The van der Waals surface area contributed by atoms with Crippen molar-refractivity contribution >= 4 is 11.8 Å². The fraction of sp³-hybridized carbons (Fsp3) is 0.333. The van der Waals surface area contributed by atoms with Gasteiger partial charge < -0.3 is 20.7 Å². The van der Waals surface area contributed by atoms with Crippen LogP contribution in [-0.2, 0) is 29.1 Å². The van der Waals surface area contributed by atoms with Crippen LogP contribution in [0.2, 0.25) is 0 Å². The van der Waals surface area contributed by atoms with Gasteiger partial charge in [-0.1, -0.05) is 42.5 Å². The molecular weight excluding hydrogens is 342 g/mol. The summed E-state index contributed by atoms with van der Waals surface area (Å²) >= 11 is 0. The van der Waals surface area contributed by atoms with Crippen LogP contribution in [0.1, 0.15) is 23.6 Å². The first kappa shape index (κ1) is 18.9. The van der Waals surface area contributed by atoms with Crippen LogP contribution in [0.4, 0.5) is 0 Å². The van der Waals surface area contributed by atoms with Gasteiger partial charge >= 0.3 is 0 Å². The number of nitrogens with two attached hydrogens (primary N) is 1. The zero-order valence-electron chi connectivity index (χ0n) is 15.7. The summed E-state index contributed by atoms with van der Waals surface area (Å²) in [6, 6.07) is 14.9. The third kappa shape index (κ3) is 4.65. The lowest BCUT2D eigenvalue weighted by Gasteiger charge is -2.23. The summed E-state index contributed by atoms with van der Waals surface area (Å²) in [5, 5.41) is 7.71. The number of ether oxygens (including phenoxy) is 1. The van der Waals surface area contributed by atoms with Crippen molar-refractivity contribution in [3.8, 4) is 5.75 Å². The van der Waals surface area contributed by atoms with Crippen molar-refractivity contribution in [3.05, 3.63) is 65.2 Å². The number of rotatable bonds is 6. The van der Waals surface area contributed by atoms with Gasteiger partial charge in [-0.2, -0.15) is 0 Å². The molecule has 3 rings (SSSR count). The topological polar surface area (TPSA) is 84.0 Å². The minimum absolute atomic E-state index is 0.107. The predicted octanol–water partition coefficient (Wildman–Crippen LogP) is 0.504. The highest BCUT2D eigenvalue weighted by molar-refractivity contribution is 5.89. The number of nitrogens with one attached hydrogen (secondary N) is 2. The molecule has 1 aliphatic rings. The molecule has 0 saturated carbocycles. The largest absolute Gasteiger partial charge is 0.496 e. The molecule has 6 nitrogen and oxygen atoms in total. The Morgan fingerprint density at radius 3 is 2.63 bits per heavy atom. The number of para-hydroxylation sites is 1. The van der Waals surface area contributed by atoms with Crippen molar-refractivity contribution in [2.45, 2.75) is 38.5 Å². The number of fused-ring (bicyclic) bond motifs is 1. The smallest absolute Gasteiger partial charge is 0.279 e. The SMILES string of the molecule is COc1ccccc1CNC(=O)[C@@H](C)NC(=O)[C@@H]1Cc2ccccc2C[NH2+]1. The third-order valence-corrected chi connectivity index (χ3v) is 4.91. The lowest BCUT2D eigenvalue weighted by Crippen LogP contribution is -2.93. The fourth-order valence-corrected chi connectivity index (χ4v) is 3.32. The van der Waals surface area contributed by atoms with Crippen LogP contribution in [0, 0.1) is 0 Å². The molecule has 0 unspecified atom stereocenters. The third-order valence-electron chi connectivity index (χ3n) is 4.91. The minimum Gasteiger partial charge on any atom is -0.496 e. The summed E-state index contributed by atoms with van der Waals surface area (Å²) in [6.45, 7) is 2.83. The molecule has 2 amide bonds. The van der Waals surface area contributed by atoms with Crippen LogP contribution in [-0.4, -0.2) is 31.0 Å². The maximum atomic E-state index is 12.6. The molecular formula is C21H26N3O3+. The molecule has 0 spiro atoms. The van der Waals surface area contributed by atoms with Gasteiger partial charge in [-0.05, 0) is 18.6 Å². The van der Waals surface area contributed by atoms with Crippen molar-refractivity contribution in [2.24, 2.45) is 0 Å². The number of methoxy groups -OCH3 is 1. The van der Waals surface area contributed by atoms with E-state index in [0.29, 0.717) is 13.0 Å². The standard InChI is InChI=1S/C21H25N3O3/c1-14(20(25)23-13-17-9-5-6-10-19(17)27-2)24-21(26)18-11-15-7-3-4-8-16(15)12-22-18/h3-10,14,18,22H,11-13H2,1-2H3,(H,23,25)(H,24,26)/p+1/t14-,18+/m1/s1. The van der Waals surface area contributed by atoms with Crippen LogP contribution in [0.5, 0.6) is 5.75 Å². The molecule has 1 aliphatic heterocycles. The van der Waals surface area contributed by atoms with Crippen molar-refractivity contribution in [3.63, 3.8) is 0 Å². The Bertz CT molecular complexity index is 822. The Morgan fingerprint density at radius 1 is 1.15 bits per heavy atom. The summed E-state index contributed by atoms with van der Waals surface area (Å²) in [6.07, 6.45) is 0.678. The molecule has 142 valence electrons. The van der Waals surface area contributed by atoms with E-state index in [2.05, 4.69) is 22.8 Å². The molecule has 2 aromatic rings. The van der Waals surface area contributed by atoms with Crippen LogP contribution in [0.25, 0.3) is 0 Å². The van der Waals surface area contributed by atoms with E-state index < -0.39 is 6.04 Å². The molecule has 2 aromatic carbocycles. The maximum absolute atomic E-state index is 12.6. The Hall–Kier alpha value is -2.86. The van der Waals surface area contributed by atoms with Crippen LogP contribution >= 0.6 is 0 Å². The zero-order valence-corrected chi connectivity index (χ0v) is 15.7. The Balaban J connectivity index is 1.51. The van der Waals surface area contributed by atoms with E-state index in [-0.39, 0.29) is 17.9 Å². The zero-order chi connectivity index (χ0) is 19.2. The van der Waals surface area contributed by atoms with Gasteiger partial charge in [0.1, 0.15) is 18.3 Å². The van der Waals surface area contributed by atoms with Gasteiger partial charge in [0.25, 0.3) is 5.91 Å². The van der Waals surface area contributed by atoms with E-state index in [1.807, 2.05) is 41.7 Å². The Morgan fingerprint density at radius 2 is 1.85 bits per heavy atom. The predicted molar refractivity (Wildman–Crippen MR) is 102 cm³/mol. The second kappa shape index (κ2) is 8.68. The highest BCUT2D eigenvalue weighted by atomic mass is 16.5. The highest BCUT2D eigenvalue weighted by Gasteiger charge is 2.29. The van der Waals surface area contributed by atoms with Gasteiger partial charge in [0.2, 0.25) is 5.91 Å². The Kier molecular flexibility index (Phi) is 6.08. The van der Waals surface area contributed by atoms with Crippen molar-refractivity contribution in [2.75, 3.05) is 7.11 Å². The number of benzene rings is 2. The maximum Gasteiger partial charge on any atom is 0.279 e. The van der Waals surface area contributed by atoms with Gasteiger partial charge in [-0.15, -0.1) is 0 Å². The molecule has 6 heteroatoms. The first-order valence-corrected chi connectivity index (χ1v) is 9.18. The van der Waals surface area contributed by atoms with Crippen LogP contribution in [0.15, 0.2) is 48.5 Å². The molecule has 0 bridgehead atoms. The second-order valence-electron chi connectivity index (χ2n) is 6.78. The number of quaternary nitrogens is 1. The van der Waals surface area contributed by atoms with E-state index in [1.165, 1.54) is 11.1 Å². The van der Waals surface area contributed by atoms with Gasteiger partial charge in [0, 0.05) is 24.1 Å². The lowest BCUT2D eigenvalue weighted by molar-refractivity contribution is -0.695. The average Bonchev–Trinajstić information content (AvgIpc) is 2.71. The van der Waals surface area contributed by atoms with E-state index in [4.69, 9.17) is 4.74 Å². The number of carbonyl (C=O) groups is 2. The summed E-state index contributed by atoms with van der Waals surface area (Å²) in [7, 11) is 1.60. The number of amides is 2. The van der Waals surface area contributed by atoms with E-state index in [0.717, 1.165) is 17.9 Å². The molecule has 0 aliphatic carbocycles. The normalized spacial score (nSPS) is 16.7. The van der Waals surface area contributed by atoms with Crippen molar-refractivity contribution < 1.29 is 19.6 Å². The summed E-state index contributed by atoms with van der Waals surface area (Å²) in [5.41, 5.74) is 3.36. The quantitative estimate of drug-likeness (QED) is 0.694. The van der Waals surface area contributed by atoms with Gasteiger partial charge in [-0.25, -0.2) is 0 Å². The van der Waals surface area contributed by atoms with Crippen molar-refractivity contribution in [1.82, 2.24) is 10.6 Å². The van der Waals surface area contributed by atoms with Gasteiger partial charge in [0.15, 0.2) is 6.04 Å². The molecule has 0 aromatic heterocycles. The van der Waals surface area contributed by atoms with Gasteiger partial charge in [0.05, 0.1) is 7.11 Å². The second-order valence-corrected chi connectivity index (χ2v) is 6.78. The molecule has 27 heavy (non-hydrogen) atoms. The van der Waals surface area contributed by atoms with E-state index in [1.54, 1.807) is 14.0 Å². The van der Waals surface area contributed by atoms with E-state index >= 15 is 0 Å². The molecule has 0 saturated heterocycles. The fourth-order valence-electron chi connectivity index (χ4n) is 3.32. The number of carbonyl (C=O) groups excluding carboxylic acids is 2. The lowest BCUT2D eigenvalue weighted by atomic mass is 9.95. The summed E-state index contributed by atoms with van der Waals surface area (Å²) in [5.74, 6) is 0.403. The molecule has 2 atom stereocenters. The first-order chi connectivity index (χ1) is 13.1. The summed E-state index contributed by atoms with van der Waals surface area (Å²) in [4.78, 5) is 24.9. The molecule has 0 radical (unpaired) electrons. The first-order valence-electron chi connectivity index (χ1n) is 9.18. The minimum atomic E-state index is -0.599. The molecule has 1 heterocycles. The number of hydrogen-bond acceptors (Lipinski definition) is 3. The van der Waals surface area contributed by atoms with Crippen molar-refractivity contribution in [1.29, 1.82) is 0 Å². The highest BCUT2D eigenvalue weighted by Crippen LogP contribution is 2.16. The van der Waals surface area contributed by atoms with Crippen LogP contribution < -0.4 is 20.7 Å². The van der Waals surface area contributed by atoms with Crippen LogP contribution in [0.3, 0.4) is 0 Å².